The molecule has 1 heterocycles. The summed E-state index contributed by atoms with van der Waals surface area (Å²) in [5, 5.41) is 3.98. The van der Waals surface area contributed by atoms with Crippen molar-refractivity contribution in [3.8, 4) is 5.69 Å². The third-order valence-electron chi connectivity index (χ3n) is 5.92. The minimum absolute atomic E-state index is 0.169. The molecular weight excluding hydrogens is 436 g/mol. The van der Waals surface area contributed by atoms with Crippen LogP contribution in [0.25, 0.3) is 16.6 Å². The van der Waals surface area contributed by atoms with E-state index in [-0.39, 0.29) is 11.6 Å². The van der Waals surface area contributed by atoms with Crippen molar-refractivity contribution in [2.45, 2.75) is 26.8 Å². The zero-order chi connectivity index (χ0) is 23.7. The molecule has 0 radical (unpaired) electrons. The Morgan fingerprint density at radius 3 is 2.42 bits per heavy atom. The number of halogens is 1. The highest BCUT2D eigenvalue weighted by molar-refractivity contribution is 6.30. The second-order valence-electron chi connectivity index (χ2n) is 8.12. The molecule has 0 bridgehead atoms. The average Bonchev–Trinajstić information content (AvgIpc) is 2.81. The number of urea groups is 1. The van der Waals surface area contributed by atoms with Crippen LogP contribution in [-0.2, 0) is 0 Å². The number of fused-ring (bicyclic) bond motifs is 1. The maximum absolute atomic E-state index is 13.6. The van der Waals surface area contributed by atoms with Gasteiger partial charge in [0.25, 0.3) is 5.56 Å². The standard InChI is InChI=1S/C26H25ClN4O2/c1-16-9-14-21(15-17(16)2)31-24(29-23-8-6-5-7-22(23)25(31)32)18(3)30(4)26(33)28-20-12-10-19(27)11-13-20/h5-15,18H,1-4H3,(H,28,33). The van der Waals surface area contributed by atoms with E-state index in [9.17, 15) is 9.59 Å². The van der Waals surface area contributed by atoms with Crippen molar-refractivity contribution in [1.29, 1.82) is 0 Å². The number of aryl methyl sites for hydroxylation is 2. The average molecular weight is 461 g/mol. The molecule has 4 aromatic rings. The normalized spacial score (nSPS) is 11.9. The molecule has 0 saturated carbocycles. The van der Waals surface area contributed by atoms with Gasteiger partial charge in [-0.15, -0.1) is 0 Å². The van der Waals surface area contributed by atoms with Gasteiger partial charge >= 0.3 is 6.03 Å². The third-order valence-corrected chi connectivity index (χ3v) is 6.17. The first-order chi connectivity index (χ1) is 15.8. The van der Waals surface area contributed by atoms with Gasteiger partial charge in [0.2, 0.25) is 0 Å². The van der Waals surface area contributed by atoms with Crippen LogP contribution in [0.15, 0.2) is 71.5 Å². The molecule has 1 unspecified atom stereocenters. The number of carbonyl (C=O) groups is 1. The van der Waals surface area contributed by atoms with E-state index in [2.05, 4.69) is 5.32 Å². The Morgan fingerprint density at radius 2 is 1.73 bits per heavy atom. The Hall–Kier alpha value is -3.64. The van der Waals surface area contributed by atoms with E-state index < -0.39 is 6.04 Å². The molecule has 0 aliphatic rings. The molecule has 6 nitrogen and oxygen atoms in total. The molecule has 1 atom stereocenters. The van der Waals surface area contributed by atoms with Crippen molar-refractivity contribution >= 4 is 34.2 Å². The Kier molecular flexibility index (Phi) is 6.20. The summed E-state index contributed by atoms with van der Waals surface area (Å²) in [4.78, 5) is 32.9. The van der Waals surface area contributed by atoms with Gasteiger partial charge in [-0.25, -0.2) is 9.78 Å². The zero-order valence-electron chi connectivity index (χ0n) is 19.0. The van der Waals surface area contributed by atoms with Crippen molar-refractivity contribution in [1.82, 2.24) is 14.5 Å². The van der Waals surface area contributed by atoms with Crippen LogP contribution in [0.4, 0.5) is 10.5 Å². The first-order valence-electron chi connectivity index (χ1n) is 10.6. The minimum Gasteiger partial charge on any atom is -0.318 e. The number of amides is 2. The molecule has 168 valence electrons. The monoisotopic (exact) mass is 460 g/mol. The highest BCUT2D eigenvalue weighted by atomic mass is 35.5. The van der Waals surface area contributed by atoms with E-state index in [1.807, 2.05) is 57.2 Å². The number of nitrogens with zero attached hydrogens (tertiary/aromatic N) is 3. The van der Waals surface area contributed by atoms with Crippen LogP contribution in [0.1, 0.15) is 29.9 Å². The molecule has 1 N–H and O–H groups in total. The van der Waals surface area contributed by atoms with Gasteiger partial charge in [-0.3, -0.25) is 9.36 Å². The smallest absolute Gasteiger partial charge is 0.318 e. The van der Waals surface area contributed by atoms with Gasteiger partial charge < -0.3 is 10.2 Å². The summed E-state index contributed by atoms with van der Waals surface area (Å²) in [5.74, 6) is 0.482. The molecule has 33 heavy (non-hydrogen) atoms. The van der Waals surface area contributed by atoms with Gasteiger partial charge in [0.15, 0.2) is 0 Å². The summed E-state index contributed by atoms with van der Waals surface area (Å²) in [5.41, 5.74) is 3.97. The number of anilines is 1. The zero-order valence-corrected chi connectivity index (χ0v) is 19.7. The highest BCUT2D eigenvalue weighted by Crippen LogP contribution is 2.24. The summed E-state index contributed by atoms with van der Waals surface area (Å²) in [6.07, 6.45) is 0. The van der Waals surface area contributed by atoms with Crippen molar-refractivity contribution in [3.05, 3.63) is 99.1 Å². The topological polar surface area (TPSA) is 67.2 Å². The van der Waals surface area contributed by atoms with E-state index >= 15 is 0 Å². The molecule has 0 aliphatic heterocycles. The van der Waals surface area contributed by atoms with Crippen LogP contribution in [0, 0.1) is 13.8 Å². The minimum atomic E-state index is -0.490. The number of nitrogens with one attached hydrogen (secondary N) is 1. The summed E-state index contributed by atoms with van der Waals surface area (Å²) in [6.45, 7) is 5.89. The molecule has 0 fully saturated rings. The fourth-order valence-electron chi connectivity index (χ4n) is 3.64. The number of hydrogen-bond acceptors (Lipinski definition) is 3. The number of rotatable bonds is 4. The van der Waals surface area contributed by atoms with Gasteiger partial charge in [-0.05, 0) is 80.4 Å². The maximum atomic E-state index is 13.6. The fourth-order valence-corrected chi connectivity index (χ4v) is 3.76. The lowest BCUT2D eigenvalue weighted by Crippen LogP contribution is -2.37. The maximum Gasteiger partial charge on any atom is 0.322 e. The fraction of sp³-hybridized carbons (Fsp3) is 0.192. The predicted octanol–water partition coefficient (Wildman–Crippen LogP) is 5.88. The van der Waals surface area contributed by atoms with E-state index in [1.54, 1.807) is 41.9 Å². The van der Waals surface area contributed by atoms with E-state index in [4.69, 9.17) is 16.6 Å². The molecule has 7 heteroatoms. The predicted molar refractivity (Wildman–Crippen MR) is 133 cm³/mol. The van der Waals surface area contributed by atoms with Gasteiger partial charge in [0.1, 0.15) is 5.82 Å². The third kappa shape index (κ3) is 4.47. The number of para-hydroxylation sites is 1. The first-order valence-corrected chi connectivity index (χ1v) is 11.0. The SMILES string of the molecule is Cc1ccc(-n2c(C(C)N(C)C(=O)Nc3ccc(Cl)cc3)nc3ccccc3c2=O)cc1C. The molecule has 0 spiro atoms. The van der Waals surface area contributed by atoms with Gasteiger partial charge in [-0.2, -0.15) is 0 Å². The van der Waals surface area contributed by atoms with Crippen molar-refractivity contribution in [2.24, 2.45) is 0 Å². The molecule has 4 rings (SSSR count). The van der Waals surface area contributed by atoms with Crippen molar-refractivity contribution in [2.75, 3.05) is 12.4 Å². The first kappa shape index (κ1) is 22.6. The quantitative estimate of drug-likeness (QED) is 0.413. The lowest BCUT2D eigenvalue weighted by atomic mass is 10.1. The second kappa shape index (κ2) is 9.08. The highest BCUT2D eigenvalue weighted by Gasteiger charge is 2.24. The summed E-state index contributed by atoms with van der Waals surface area (Å²) < 4.78 is 1.60. The molecule has 0 aliphatic carbocycles. The van der Waals surface area contributed by atoms with Crippen LogP contribution in [0.2, 0.25) is 5.02 Å². The van der Waals surface area contributed by atoms with Crippen LogP contribution in [0.3, 0.4) is 0 Å². The van der Waals surface area contributed by atoms with Crippen LogP contribution < -0.4 is 10.9 Å². The van der Waals surface area contributed by atoms with Gasteiger partial charge in [0, 0.05) is 17.8 Å². The molecule has 3 aromatic carbocycles. The Bertz CT molecular complexity index is 1400. The molecule has 2 amide bonds. The lowest BCUT2D eigenvalue weighted by molar-refractivity contribution is 0.205. The van der Waals surface area contributed by atoms with Crippen LogP contribution in [-0.4, -0.2) is 27.5 Å². The molecule has 1 aromatic heterocycles. The van der Waals surface area contributed by atoms with Crippen molar-refractivity contribution < 1.29 is 4.79 Å². The lowest BCUT2D eigenvalue weighted by Gasteiger charge is -2.27. The summed E-state index contributed by atoms with van der Waals surface area (Å²) in [7, 11) is 1.68. The molecular formula is C26H25ClN4O2. The number of hydrogen-bond donors (Lipinski definition) is 1. The Balaban J connectivity index is 1.79. The van der Waals surface area contributed by atoms with Crippen LogP contribution in [0.5, 0.6) is 0 Å². The van der Waals surface area contributed by atoms with E-state index in [0.717, 1.165) is 16.8 Å². The number of aromatic nitrogens is 2. The number of benzene rings is 3. The van der Waals surface area contributed by atoms with E-state index in [1.165, 1.54) is 4.90 Å². The molecule has 0 saturated heterocycles. The second-order valence-corrected chi connectivity index (χ2v) is 8.56. The summed E-state index contributed by atoms with van der Waals surface area (Å²) >= 11 is 5.94. The van der Waals surface area contributed by atoms with Crippen molar-refractivity contribution in [3.63, 3.8) is 0 Å². The van der Waals surface area contributed by atoms with Crippen LogP contribution >= 0.6 is 11.6 Å². The number of carbonyl (C=O) groups excluding carboxylic acids is 1. The van der Waals surface area contributed by atoms with Gasteiger partial charge in [-0.1, -0.05) is 29.8 Å². The largest absolute Gasteiger partial charge is 0.322 e. The van der Waals surface area contributed by atoms with Gasteiger partial charge in [0.05, 0.1) is 22.6 Å². The Labute approximate surface area is 197 Å². The summed E-state index contributed by atoms with van der Waals surface area (Å²) in [6, 6.07) is 19.2. The van der Waals surface area contributed by atoms with E-state index in [0.29, 0.717) is 27.4 Å². The Morgan fingerprint density at radius 1 is 1.03 bits per heavy atom.